The van der Waals surface area contributed by atoms with Gasteiger partial charge in [0.2, 0.25) is 5.91 Å². The molecule has 0 aliphatic carbocycles. The third-order valence-corrected chi connectivity index (χ3v) is 12.4. The number of aromatic nitrogens is 2. The van der Waals surface area contributed by atoms with Gasteiger partial charge < -0.3 is 30.7 Å². The van der Waals surface area contributed by atoms with Crippen molar-refractivity contribution in [3.63, 3.8) is 0 Å². The van der Waals surface area contributed by atoms with Crippen LogP contribution in [0.2, 0.25) is 0 Å². The minimum Gasteiger partial charge on any atom is -0.397 e. The van der Waals surface area contributed by atoms with Gasteiger partial charge in [0.05, 0.1) is 11.4 Å². The van der Waals surface area contributed by atoms with Gasteiger partial charge in [-0.1, -0.05) is 61.0 Å². The highest BCUT2D eigenvalue weighted by Gasteiger charge is 2.34. The average Bonchev–Trinajstić information content (AvgIpc) is 3.58. The number of imidazole rings is 1. The molecule has 3 aliphatic rings. The minimum absolute atomic E-state index is 0.0340. The Labute approximate surface area is 322 Å². The van der Waals surface area contributed by atoms with E-state index >= 15 is 0 Å². The van der Waals surface area contributed by atoms with Crippen LogP contribution < -0.4 is 16.7 Å². The number of hydrogen-bond acceptors (Lipinski definition) is 5. The van der Waals surface area contributed by atoms with Gasteiger partial charge in [-0.25, -0.2) is 9.59 Å². The first-order chi connectivity index (χ1) is 25.2. The van der Waals surface area contributed by atoms with E-state index in [0.717, 1.165) is 62.8 Å². The zero-order chi connectivity index (χ0) is 36.2. The fourth-order valence-corrected chi connectivity index (χ4v) is 9.31. The van der Waals surface area contributed by atoms with E-state index in [9.17, 15) is 14.4 Å². The summed E-state index contributed by atoms with van der Waals surface area (Å²) in [5, 5.41) is 3.12. The fourth-order valence-electron chi connectivity index (χ4n) is 8.03. The van der Waals surface area contributed by atoms with Crippen molar-refractivity contribution in [3.05, 3.63) is 97.9 Å². The lowest BCUT2D eigenvalue weighted by Crippen LogP contribution is -2.56. The van der Waals surface area contributed by atoms with Crippen molar-refractivity contribution in [2.75, 3.05) is 45.0 Å². The second-order valence-electron chi connectivity index (χ2n) is 14.4. The summed E-state index contributed by atoms with van der Waals surface area (Å²) in [5.41, 5.74) is 11.5. The number of rotatable bonds is 8. The number of anilines is 1. The zero-order valence-electron chi connectivity index (χ0n) is 29.4. The lowest BCUT2D eigenvalue weighted by molar-refractivity contribution is -0.134. The van der Waals surface area contributed by atoms with Crippen LogP contribution in [0.25, 0.3) is 22.4 Å². The summed E-state index contributed by atoms with van der Waals surface area (Å²) in [7, 11) is 0. The molecule has 3 saturated heterocycles. The molecule has 4 heterocycles. The van der Waals surface area contributed by atoms with Crippen molar-refractivity contribution < 1.29 is 9.59 Å². The maximum atomic E-state index is 14.1. The number of aromatic amines is 1. The number of urea groups is 1. The third-order valence-electron chi connectivity index (χ3n) is 11.1. The van der Waals surface area contributed by atoms with Gasteiger partial charge in [-0.3, -0.25) is 9.36 Å². The van der Waals surface area contributed by atoms with Crippen molar-refractivity contribution in [3.8, 4) is 22.4 Å². The van der Waals surface area contributed by atoms with Crippen LogP contribution in [0.5, 0.6) is 0 Å². The molecule has 0 bridgehead atoms. The number of nitrogens with zero attached hydrogens (tertiary/aromatic N) is 4. The lowest BCUT2D eigenvalue weighted by Gasteiger charge is -2.41. The third kappa shape index (κ3) is 8.34. The van der Waals surface area contributed by atoms with Gasteiger partial charge in [0.1, 0.15) is 6.04 Å². The number of amides is 3. The predicted octanol–water partition coefficient (Wildman–Crippen LogP) is 7.05. The number of carbonyl (C=O) groups excluding carboxylic acids is 2. The smallest absolute Gasteiger partial charge is 0.326 e. The number of nitrogens with one attached hydrogen (secondary N) is 2. The number of carbonyl (C=O) groups is 2. The Balaban J connectivity index is 0.990. The molecular formula is C40H47Br2N7O3. The molecule has 3 amide bonds. The van der Waals surface area contributed by atoms with Gasteiger partial charge >= 0.3 is 11.7 Å². The molecule has 0 unspecified atom stereocenters. The summed E-state index contributed by atoms with van der Waals surface area (Å²) >= 11 is 7.07. The van der Waals surface area contributed by atoms with Crippen LogP contribution in [0.3, 0.4) is 0 Å². The Kier molecular flexibility index (Phi) is 11.5. The van der Waals surface area contributed by atoms with Crippen LogP contribution in [-0.4, -0.2) is 87.5 Å². The molecule has 7 rings (SSSR count). The number of halogens is 2. The van der Waals surface area contributed by atoms with E-state index in [1.165, 1.54) is 19.3 Å². The van der Waals surface area contributed by atoms with Crippen LogP contribution in [-0.2, 0) is 11.2 Å². The van der Waals surface area contributed by atoms with Gasteiger partial charge in [-0.2, -0.15) is 0 Å². The zero-order valence-corrected chi connectivity index (χ0v) is 32.6. The molecule has 0 saturated carbocycles. The highest BCUT2D eigenvalue weighted by molar-refractivity contribution is 9.11. The Bertz CT molecular complexity index is 1880. The summed E-state index contributed by atoms with van der Waals surface area (Å²) in [6.45, 7) is 4.65. The van der Waals surface area contributed by atoms with Gasteiger partial charge in [0.25, 0.3) is 0 Å². The highest BCUT2D eigenvalue weighted by Crippen LogP contribution is 2.31. The molecule has 3 aliphatic heterocycles. The molecule has 1 aromatic heterocycles. The van der Waals surface area contributed by atoms with E-state index < -0.39 is 6.04 Å². The molecule has 0 radical (unpaired) electrons. The normalized spacial score (nSPS) is 18.3. The summed E-state index contributed by atoms with van der Waals surface area (Å²) < 4.78 is 3.25. The molecular weight excluding hydrogens is 786 g/mol. The summed E-state index contributed by atoms with van der Waals surface area (Å²) in [6.07, 6.45) is 9.24. The predicted molar refractivity (Wildman–Crippen MR) is 213 cm³/mol. The maximum Gasteiger partial charge on any atom is 0.326 e. The Morgan fingerprint density at radius 2 is 1.35 bits per heavy atom. The minimum atomic E-state index is -0.720. The molecule has 10 nitrogen and oxygen atoms in total. The molecule has 52 heavy (non-hydrogen) atoms. The molecule has 274 valence electrons. The van der Waals surface area contributed by atoms with Crippen LogP contribution in [0.1, 0.15) is 56.6 Å². The highest BCUT2D eigenvalue weighted by atomic mass is 79.9. The molecule has 12 heteroatoms. The number of H-pyrrole nitrogens is 1. The molecule has 3 aromatic carbocycles. The van der Waals surface area contributed by atoms with Gasteiger partial charge in [0, 0.05) is 59.8 Å². The number of nitrogens with two attached hydrogens (primary N) is 1. The first kappa shape index (κ1) is 36.5. The monoisotopic (exact) mass is 831 g/mol. The first-order valence-corrected chi connectivity index (χ1v) is 20.1. The molecule has 0 spiro atoms. The van der Waals surface area contributed by atoms with Gasteiger partial charge in [-0.15, -0.1) is 0 Å². The Hall–Kier alpha value is -3.87. The van der Waals surface area contributed by atoms with Crippen molar-refractivity contribution in [1.82, 2.24) is 29.6 Å². The van der Waals surface area contributed by atoms with Crippen molar-refractivity contribution in [1.29, 1.82) is 0 Å². The van der Waals surface area contributed by atoms with E-state index in [-0.39, 0.29) is 23.7 Å². The average molecular weight is 834 g/mol. The largest absolute Gasteiger partial charge is 0.397 e. The van der Waals surface area contributed by atoms with E-state index in [2.05, 4.69) is 71.3 Å². The second-order valence-corrected chi connectivity index (χ2v) is 16.1. The number of hydrogen-bond donors (Lipinski definition) is 3. The summed E-state index contributed by atoms with van der Waals surface area (Å²) in [6, 6.07) is 21.7. The van der Waals surface area contributed by atoms with Crippen LogP contribution >= 0.6 is 31.9 Å². The maximum absolute atomic E-state index is 14.1. The van der Waals surface area contributed by atoms with Gasteiger partial charge in [0.15, 0.2) is 0 Å². The van der Waals surface area contributed by atoms with Crippen molar-refractivity contribution >= 4 is 49.5 Å². The quantitative estimate of drug-likeness (QED) is 0.165. The van der Waals surface area contributed by atoms with E-state index in [4.69, 9.17) is 5.73 Å². The van der Waals surface area contributed by atoms with Crippen LogP contribution in [0.15, 0.2) is 86.7 Å². The number of piperidine rings is 3. The summed E-state index contributed by atoms with van der Waals surface area (Å²) in [4.78, 5) is 50.3. The summed E-state index contributed by atoms with van der Waals surface area (Å²) in [5.74, 6) is -0.0485. The Morgan fingerprint density at radius 3 is 2.00 bits per heavy atom. The first-order valence-electron chi connectivity index (χ1n) is 18.5. The lowest BCUT2D eigenvalue weighted by atomic mass is 9.98. The molecule has 4 aromatic rings. The topological polar surface area (TPSA) is 120 Å². The van der Waals surface area contributed by atoms with Crippen molar-refractivity contribution in [2.45, 2.75) is 69.5 Å². The van der Waals surface area contributed by atoms with Crippen LogP contribution in [0, 0.1) is 0 Å². The SMILES string of the molecule is Nc1c(Br)cc(C[C@H](NC(=O)N2CCC(n3cc(-c4ccc(-c5ccccc5)cc4)[nH]c3=O)CC2)C(=O)N2CCC(N3CCCCC3)CC2)cc1Br. The van der Waals surface area contributed by atoms with E-state index in [0.29, 0.717) is 57.2 Å². The molecule has 1 atom stereocenters. The molecule has 4 N–H and O–H groups in total. The number of nitrogen functional groups attached to an aromatic ring is 1. The number of benzene rings is 3. The standard InChI is InChI=1S/C40H47Br2N7O3/c41-33-23-27(24-34(42)37(33)43)25-35(38(50)47-19-13-31(14-20-47)46-17-5-2-6-18-46)44-39(51)48-21-15-32(16-22-48)49-26-36(45-40(49)52)30-11-9-29(10-12-30)28-7-3-1-4-8-28/h1,3-4,7-12,23-24,26,31-32,35H,2,5-6,13-22,25,43H2,(H,44,51)(H,45,52)/t35-/m0/s1. The van der Waals surface area contributed by atoms with E-state index in [1.54, 1.807) is 9.47 Å². The molecule has 3 fully saturated rings. The van der Waals surface area contributed by atoms with Crippen LogP contribution in [0.4, 0.5) is 10.5 Å². The Morgan fingerprint density at radius 1 is 0.769 bits per heavy atom. The second kappa shape index (κ2) is 16.4. The van der Waals surface area contributed by atoms with E-state index in [1.807, 2.05) is 53.6 Å². The van der Waals surface area contributed by atoms with Crippen molar-refractivity contribution in [2.24, 2.45) is 0 Å². The number of likely N-dealkylation sites (tertiary alicyclic amines) is 3. The van der Waals surface area contributed by atoms with Gasteiger partial charge in [-0.05, 0) is 118 Å². The fraction of sp³-hybridized carbons (Fsp3) is 0.425.